The Bertz CT molecular complexity index is 339. The lowest BCUT2D eigenvalue weighted by molar-refractivity contribution is 0.712. The number of thiocarbonyl (C=S) groups is 1. The summed E-state index contributed by atoms with van der Waals surface area (Å²) in [5.74, 6) is 0. The highest BCUT2D eigenvalue weighted by molar-refractivity contribution is 7.80. The molecule has 0 radical (unpaired) electrons. The number of benzene rings is 1. The molecule has 0 bridgehead atoms. The van der Waals surface area contributed by atoms with Gasteiger partial charge >= 0.3 is 0 Å². The summed E-state index contributed by atoms with van der Waals surface area (Å²) in [4.78, 5) is 0. The second kappa shape index (κ2) is 5.93. The lowest BCUT2D eigenvalue weighted by Gasteiger charge is -2.13. The van der Waals surface area contributed by atoms with Crippen LogP contribution in [-0.2, 0) is 6.54 Å². The van der Waals surface area contributed by atoms with Crippen LogP contribution in [0.3, 0.4) is 0 Å². The third-order valence-corrected chi connectivity index (χ3v) is 2.26. The van der Waals surface area contributed by atoms with Gasteiger partial charge in [0.25, 0.3) is 0 Å². The van der Waals surface area contributed by atoms with Crippen LogP contribution in [0.1, 0.15) is 19.4 Å². The minimum atomic E-state index is 0.351. The smallest absolute Gasteiger partial charge is 0.166 e. The average Bonchev–Trinajstić information content (AvgIpc) is 2.14. The Hall–Kier alpha value is -0.800. The summed E-state index contributed by atoms with van der Waals surface area (Å²) < 4.78 is 0. The zero-order valence-corrected chi connectivity index (χ0v) is 10.5. The van der Waals surface area contributed by atoms with Crippen LogP contribution >= 0.6 is 23.8 Å². The van der Waals surface area contributed by atoms with Crippen molar-refractivity contribution in [2.24, 2.45) is 0 Å². The number of nitrogens with one attached hydrogen (secondary N) is 2. The molecule has 1 rings (SSSR count). The van der Waals surface area contributed by atoms with E-state index in [-0.39, 0.29) is 0 Å². The molecule has 0 heterocycles. The molecule has 1 aromatic rings. The van der Waals surface area contributed by atoms with Crippen molar-refractivity contribution in [3.63, 3.8) is 0 Å². The molecule has 2 nitrogen and oxygen atoms in total. The predicted octanol–water partition coefficient (Wildman–Crippen LogP) is 2.71. The second-order valence-electron chi connectivity index (χ2n) is 3.61. The minimum Gasteiger partial charge on any atom is -0.361 e. The molecule has 0 unspecified atom stereocenters. The van der Waals surface area contributed by atoms with Crippen LogP contribution in [0, 0.1) is 0 Å². The van der Waals surface area contributed by atoms with E-state index in [0.717, 1.165) is 10.6 Å². The topological polar surface area (TPSA) is 24.1 Å². The van der Waals surface area contributed by atoms with E-state index >= 15 is 0 Å². The first kappa shape index (κ1) is 12.3. The molecule has 0 aromatic heterocycles. The van der Waals surface area contributed by atoms with Gasteiger partial charge in [-0.3, -0.25) is 0 Å². The first-order valence-corrected chi connectivity index (χ1v) is 5.65. The fourth-order valence-electron chi connectivity index (χ4n) is 1.14. The Morgan fingerprint density at radius 2 is 2.20 bits per heavy atom. The van der Waals surface area contributed by atoms with Gasteiger partial charge in [0.15, 0.2) is 5.11 Å². The van der Waals surface area contributed by atoms with Gasteiger partial charge in [0.2, 0.25) is 0 Å². The number of hydrogen-bond donors (Lipinski definition) is 2. The summed E-state index contributed by atoms with van der Waals surface area (Å²) in [6.45, 7) is 4.79. The Balaban J connectivity index is 2.40. The maximum absolute atomic E-state index is 5.87. The average molecular weight is 243 g/mol. The zero-order valence-electron chi connectivity index (χ0n) is 8.88. The molecule has 0 aliphatic rings. The molecule has 82 valence electrons. The van der Waals surface area contributed by atoms with Crippen molar-refractivity contribution >= 4 is 28.9 Å². The highest BCUT2D eigenvalue weighted by Gasteiger charge is 1.98. The molecule has 0 fully saturated rings. The molecule has 0 saturated heterocycles. The molecule has 0 aliphatic carbocycles. The second-order valence-corrected chi connectivity index (χ2v) is 4.46. The van der Waals surface area contributed by atoms with E-state index < -0.39 is 0 Å². The summed E-state index contributed by atoms with van der Waals surface area (Å²) >= 11 is 11.0. The summed E-state index contributed by atoms with van der Waals surface area (Å²) in [7, 11) is 0. The van der Waals surface area contributed by atoms with Gasteiger partial charge in [-0.15, -0.1) is 0 Å². The minimum absolute atomic E-state index is 0.351. The largest absolute Gasteiger partial charge is 0.361 e. The predicted molar refractivity (Wildman–Crippen MR) is 69.2 cm³/mol. The van der Waals surface area contributed by atoms with Crippen LogP contribution in [0.5, 0.6) is 0 Å². The van der Waals surface area contributed by atoms with Gasteiger partial charge in [0.05, 0.1) is 0 Å². The maximum Gasteiger partial charge on any atom is 0.166 e. The maximum atomic E-state index is 5.87. The van der Waals surface area contributed by atoms with Crippen molar-refractivity contribution in [3.8, 4) is 0 Å². The van der Waals surface area contributed by atoms with Crippen LogP contribution in [-0.4, -0.2) is 11.2 Å². The zero-order chi connectivity index (χ0) is 11.3. The molecule has 4 heteroatoms. The van der Waals surface area contributed by atoms with Crippen molar-refractivity contribution in [1.29, 1.82) is 0 Å². The van der Waals surface area contributed by atoms with Gasteiger partial charge < -0.3 is 10.6 Å². The summed E-state index contributed by atoms with van der Waals surface area (Å²) in [5, 5.41) is 7.65. The number of halogens is 1. The van der Waals surface area contributed by atoms with E-state index in [1.54, 1.807) is 0 Å². The fraction of sp³-hybridized carbons (Fsp3) is 0.364. The van der Waals surface area contributed by atoms with E-state index in [0.29, 0.717) is 17.7 Å². The molecule has 15 heavy (non-hydrogen) atoms. The van der Waals surface area contributed by atoms with Crippen LogP contribution in [0.2, 0.25) is 5.02 Å². The highest BCUT2D eigenvalue weighted by Crippen LogP contribution is 2.10. The molecule has 0 aliphatic heterocycles. The van der Waals surface area contributed by atoms with E-state index in [1.807, 2.05) is 38.1 Å². The summed E-state index contributed by atoms with van der Waals surface area (Å²) in [6, 6.07) is 8.07. The first-order valence-electron chi connectivity index (χ1n) is 4.86. The normalized spacial score (nSPS) is 10.1. The van der Waals surface area contributed by atoms with Crippen LogP contribution in [0.15, 0.2) is 24.3 Å². The molecule has 1 aromatic carbocycles. The van der Waals surface area contributed by atoms with Crippen molar-refractivity contribution in [3.05, 3.63) is 34.9 Å². The van der Waals surface area contributed by atoms with Crippen molar-refractivity contribution < 1.29 is 0 Å². The van der Waals surface area contributed by atoms with Gasteiger partial charge in [0.1, 0.15) is 0 Å². The third-order valence-electron chi connectivity index (χ3n) is 1.76. The monoisotopic (exact) mass is 242 g/mol. The van der Waals surface area contributed by atoms with Gasteiger partial charge in [-0.05, 0) is 43.8 Å². The fourth-order valence-corrected chi connectivity index (χ4v) is 1.66. The third kappa shape index (κ3) is 5.00. The van der Waals surface area contributed by atoms with Crippen molar-refractivity contribution in [1.82, 2.24) is 10.6 Å². The molecule has 0 saturated carbocycles. The van der Waals surface area contributed by atoms with Crippen LogP contribution in [0.4, 0.5) is 0 Å². The highest BCUT2D eigenvalue weighted by atomic mass is 35.5. The Kier molecular flexibility index (Phi) is 4.85. The van der Waals surface area contributed by atoms with Crippen LogP contribution in [0.25, 0.3) is 0 Å². The van der Waals surface area contributed by atoms with Gasteiger partial charge in [-0.2, -0.15) is 0 Å². The van der Waals surface area contributed by atoms with Crippen LogP contribution < -0.4 is 10.6 Å². The quantitative estimate of drug-likeness (QED) is 0.797. The van der Waals surface area contributed by atoms with E-state index in [9.17, 15) is 0 Å². The van der Waals surface area contributed by atoms with E-state index in [2.05, 4.69) is 10.6 Å². The molecule has 2 N–H and O–H groups in total. The number of rotatable bonds is 3. The lowest BCUT2D eigenvalue weighted by atomic mass is 10.2. The first-order chi connectivity index (χ1) is 7.08. The van der Waals surface area contributed by atoms with Crippen molar-refractivity contribution in [2.45, 2.75) is 26.4 Å². The summed E-state index contributed by atoms with van der Waals surface area (Å²) in [6.07, 6.45) is 0. The van der Waals surface area contributed by atoms with Gasteiger partial charge in [-0.1, -0.05) is 23.7 Å². The molecular weight excluding hydrogens is 228 g/mol. The van der Waals surface area contributed by atoms with Crippen molar-refractivity contribution in [2.75, 3.05) is 0 Å². The van der Waals surface area contributed by atoms with Gasteiger partial charge in [-0.25, -0.2) is 0 Å². The SMILES string of the molecule is CC(C)NC(=S)NCc1cccc(Cl)c1. The Morgan fingerprint density at radius 1 is 1.47 bits per heavy atom. The molecule has 0 amide bonds. The Morgan fingerprint density at radius 3 is 2.80 bits per heavy atom. The molecular formula is C11H15ClN2S. The lowest BCUT2D eigenvalue weighted by Crippen LogP contribution is -2.38. The van der Waals surface area contributed by atoms with Gasteiger partial charge in [0, 0.05) is 17.6 Å². The number of hydrogen-bond acceptors (Lipinski definition) is 1. The van der Waals surface area contributed by atoms with E-state index in [1.165, 1.54) is 0 Å². The Labute approximate surface area is 101 Å². The van der Waals surface area contributed by atoms with E-state index in [4.69, 9.17) is 23.8 Å². The molecule has 0 spiro atoms. The molecule has 0 atom stereocenters. The summed E-state index contributed by atoms with van der Waals surface area (Å²) in [5.41, 5.74) is 1.12. The standard InChI is InChI=1S/C11H15ClN2S/c1-8(2)14-11(15)13-7-9-4-3-5-10(12)6-9/h3-6,8H,7H2,1-2H3,(H2,13,14,15).